The van der Waals surface area contributed by atoms with Gasteiger partial charge in [0.05, 0.1) is 13.3 Å². The minimum absolute atomic E-state index is 0.185. The normalized spacial score (nSPS) is 10.3. The molecule has 1 aromatic heterocycles. The molecule has 0 fully saturated rings. The summed E-state index contributed by atoms with van der Waals surface area (Å²) in [6, 6.07) is 3.20. The Morgan fingerprint density at radius 3 is 2.87 bits per heavy atom. The van der Waals surface area contributed by atoms with Crippen LogP contribution in [0.2, 0.25) is 0 Å². The quantitative estimate of drug-likeness (QED) is 0.864. The molecule has 0 aliphatic rings. The Morgan fingerprint density at radius 1 is 1.47 bits per heavy atom. The Morgan fingerprint density at radius 2 is 2.27 bits per heavy atom. The minimum Gasteiger partial charge on any atom is -0.493 e. The van der Waals surface area contributed by atoms with Crippen LogP contribution in [0.4, 0.5) is 4.39 Å². The number of aromatic amines is 1. The number of nitrogens with zero attached hydrogens (tertiary/aromatic N) is 2. The minimum atomic E-state index is -0.401. The van der Waals surface area contributed by atoms with Gasteiger partial charge in [-0.05, 0) is 34.7 Å². The van der Waals surface area contributed by atoms with E-state index >= 15 is 0 Å². The standard InChI is InChI=1S/C9H7FIN3O/c1-15-9-6(8-4-12-14-13-8)2-5(11)3-7(9)10/h2-4H,1H3,(H,12,13,14). The van der Waals surface area contributed by atoms with E-state index in [1.807, 2.05) is 22.6 Å². The number of halogens is 2. The van der Waals surface area contributed by atoms with E-state index in [0.717, 1.165) is 3.57 Å². The number of hydrogen-bond acceptors (Lipinski definition) is 3. The zero-order valence-corrected chi connectivity index (χ0v) is 9.95. The fourth-order valence-electron chi connectivity index (χ4n) is 1.29. The number of methoxy groups -OCH3 is 1. The van der Waals surface area contributed by atoms with Crippen LogP contribution >= 0.6 is 22.6 Å². The molecule has 0 aliphatic carbocycles. The van der Waals surface area contributed by atoms with Crippen molar-refractivity contribution in [3.05, 3.63) is 27.7 Å². The van der Waals surface area contributed by atoms with Crippen LogP contribution in [0.25, 0.3) is 11.3 Å². The fourth-order valence-corrected chi connectivity index (χ4v) is 1.87. The zero-order valence-electron chi connectivity index (χ0n) is 7.79. The van der Waals surface area contributed by atoms with Gasteiger partial charge in [-0.3, -0.25) is 0 Å². The summed E-state index contributed by atoms with van der Waals surface area (Å²) >= 11 is 2.04. The molecule has 0 amide bonds. The predicted octanol–water partition coefficient (Wildman–Crippen LogP) is 2.22. The molecule has 0 aliphatic heterocycles. The van der Waals surface area contributed by atoms with Crippen molar-refractivity contribution in [2.75, 3.05) is 7.11 Å². The number of ether oxygens (including phenoxy) is 1. The molecule has 1 N–H and O–H groups in total. The molecular formula is C9H7FIN3O. The molecule has 0 spiro atoms. The Labute approximate surface area is 99.0 Å². The Bertz CT molecular complexity index is 472. The number of benzene rings is 1. The second-order valence-electron chi connectivity index (χ2n) is 2.82. The van der Waals surface area contributed by atoms with Crippen LogP contribution in [0, 0.1) is 9.39 Å². The topological polar surface area (TPSA) is 50.8 Å². The maximum absolute atomic E-state index is 13.5. The first-order chi connectivity index (χ1) is 7.22. The lowest BCUT2D eigenvalue weighted by Gasteiger charge is -2.07. The largest absolute Gasteiger partial charge is 0.493 e. The monoisotopic (exact) mass is 319 g/mol. The molecule has 15 heavy (non-hydrogen) atoms. The van der Waals surface area contributed by atoms with Gasteiger partial charge in [0.2, 0.25) is 0 Å². The summed E-state index contributed by atoms with van der Waals surface area (Å²) in [4.78, 5) is 0. The van der Waals surface area contributed by atoms with E-state index < -0.39 is 5.82 Å². The maximum atomic E-state index is 13.5. The fraction of sp³-hybridized carbons (Fsp3) is 0.111. The molecule has 2 rings (SSSR count). The Hall–Kier alpha value is -1.18. The first-order valence-corrected chi connectivity index (χ1v) is 5.19. The Balaban J connectivity index is 2.64. The molecule has 0 unspecified atom stereocenters. The summed E-state index contributed by atoms with van der Waals surface area (Å²) in [6.45, 7) is 0. The SMILES string of the molecule is COc1c(F)cc(I)cc1-c1cn[nH]n1. The van der Waals surface area contributed by atoms with Crippen LogP contribution in [-0.4, -0.2) is 22.5 Å². The van der Waals surface area contributed by atoms with Gasteiger partial charge in [-0.1, -0.05) is 0 Å². The van der Waals surface area contributed by atoms with Crippen LogP contribution < -0.4 is 4.74 Å². The Kier molecular flexibility index (Phi) is 2.85. The van der Waals surface area contributed by atoms with Gasteiger partial charge in [0.1, 0.15) is 5.69 Å². The van der Waals surface area contributed by atoms with Crippen molar-refractivity contribution < 1.29 is 9.13 Å². The van der Waals surface area contributed by atoms with Crippen LogP contribution in [-0.2, 0) is 0 Å². The van der Waals surface area contributed by atoms with Gasteiger partial charge >= 0.3 is 0 Å². The second kappa shape index (κ2) is 4.13. The predicted molar refractivity (Wildman–Crippen MR) is 61.0 cm³/mol. The van der Waals surface area contributed by atoms with Crippen molar-refractivity contribution in [1.29, 1.82) is 0 Å². The average molecular weight is 319 g/mol. The highest BCUT2D eigenvalue weighted by Gasteiger charge is 2.14. The van der Waals surface area contributed by atoms with Gasteiger partial charge < -0.3 is 4.74 Å². The molecule has 1 aromatic carbocycles. The first kappa shape index (κ1) is 10.3. The molecule has 0 atom stereocenters. The summed E-state index contributed by atoms with van der Waals surface area (Å²) in [5, 5.41) is 10.0. The number of hydrogen-bond donors (Lipinski definition) is 1. The molecule has 0 saturated heterocycles. The van der Waals surface area contributed by atoms with E-state index in [1.54, 1.807) is 6.07 Å². The second-order valence-corrected chi connectivity index (χ2v) is 4.07. The summed E-state index contributed by atoms with van der Waals surface area (Å²) in [5.41, 5.74) is 1.15. The van der Waals surface area contributed by atoms with Crippen LogP contribution in [0.1, 0.15) is 0 Å². The highest BCUT2D eigenvalue weighted by atomic mass is 127. The van der Waals surface area contributed by atoms with E-state index in [0.29, 0.717) is 11.3 Å². The van der Waals surface area contributed by atoms with E-state index in [1.165, 1.54) is 19.4 Å². The number of rotatable bonds is 2. The van der Waals surface area contributed by atoms with Crippen molar-refractivity contribution in [1.82, 2.24) is 15.4 Å². The molecule has 78 valence electrons. The number of aromatic nitrogens is 3. The van der Waals surface area contributed by atoms with Crippen LogP contribution in [0.3, 0.4) is 0 Å². The van der Waals surface area contributed by atoms with Gasteiger partial charge in [-0.2, -0.15) is 15.4 Å². The van der Waals surface area contributed by atoms with Crippen molar-refractivity contribution in [3.63, 3.8) is 0 Å². The average Bonchev–Trinajstić information content (AvgIpc) is 2.69. The van der Waals surface area contributed by atoms with Gasteiger partial charge in [-0.25, -0.2) is 4.39 Å². The van der Waals surface area contributed by atoms with Crippen molar-refractivity contribution in [2.45, 2.75) is 0 Å². The molecule has 0 radical (unpaired) electrons. The van der Waals surface area contributed by atoms with Crippen LogP contribution in [0.15, 0.2) is 18.3 Å². The lowest BCUT2D eigenvalue weighted by Crippen LogP contribution is -1.93. The zero-order chi connectivity index (χ0) is 10.8. The molecule has 0 saturated carbocycles. The third kappa shape index (κ3) is 1.94. The number of H-pyrrole nitrogens is 1. The third-order valence-electron chi connectivity index (χ3n) is 1.90. The van der Waals surface area contributed by atoms with Crippen molar-refractivity contribution in [3.8, 4) is 17.0 Å². The smallest absolute Gasteiger partial charge is 0.166 e. The molecule has 4 nitrogen and oxygen atoms in total. The summed E-state index contributed by atoms with van der Waals surface area (Å²) < 4.78 is 19.3. The molecule has 0 bridgehead atoms. The highest BCUT2D eigenvalue weighted by Crippen LogP contribution is 2.32. The van der Waals surface area contributed by atoms with Gasteiger partial charge in [0, 0.05) is 9.13 Å². The molecule has 2 aromatic rings. The lowest BCUT2D eigenvalue weighted by atomic mass is 10.1. The van der Waals surface area contributed by atoms with E-state index in [2.05, 4.69) is 15.4 Å². The molecule has 6 heteroatoms. The van der Waals surface area contributed by atoms with Gasteiger partial charge in [0.25, 0.3) is 0 Å². The van der Waals surface area contributed by atoms with E-state index in [-0.39, 0.29) is 5.75 Å². The van der Waals surface area contributed by atoms with Crippen molar-refractivity contribution in [2.24, 2.45) is 0 Å². The maximum Gasteiger partial charge on any atom is 0.166 e. The summed E-state index contributed by atoms with van der Waals surface area (Å²) in [5.74, 6) is -0.216. The molecular weight excluding hydrogens is 312 g/mol. The van der Waals surface area contributed by atoms with E-state index in [9.17, 15) is 4.39 Å². The summed E-state index contributed by atoms with van der Waals surface area (Å²) in [7, 11) is 1.43. The highest BCUT2D eigenvalue weighted by molar-refractivity contribution is 14.1. The van der Waals surface area contributed by atoms with E-state index in [4.69, 9.17) is 4.74 Å². The number of nitrogens with one attached hydrogen (secondary N) is 1. The first-order valence-electron chi connectivity index (χ1n) is 4.11. The van der Waals surface area contributed by atoms with Gasteiger partial charge in [0.15, 0.2) is 11.6 Å². The van der Waals surface area contributed by atoms with Gasteiger partial charge in [-0.15, -0.1) is 0 Å². The molecule has 1 heterocycles. The third-order valence-corrected chi connectivity index (χ3v) is 2.53. The van der Waals surface area contributed by atoms with Crippen molar-refractivity contribution >= 4 is 22.6 Å². The van der Waals surface area contributed by atoms with Crippen LogP contribution in [0.5, 0.6) is 5.75 Å². The lowest BCUT2D eigenvalue weighted by molar-refractivity contribution is 0.388. The summed E-state index contributed by atoms with van der Waals surface area (Å²) in [6.07, 6.45) is 1.52.